The molecule has 0 aliphatic rings. The summed E-state index contributed by atoms with van der Waals surface area (Å²) < 4.78 is 36.8. The summed E-state index contributed by atoms with van der Waals surface area (Å²) in [6.07, 6.45) is 0. The van der Waals surface area contributed by atoms with Gasteiger partial charge in [-0.25, -0.2) is 4.39 Å². The van der Waals surface area contributed by atoms with E-state index in [1.807, 2.05) is 0 Å². The summed E-state index contributed by atoms with van der Waals surface area (Å²) >= 11 is 3.20. The number of hydrogen-bond acceptors (Lipinski definition) is 5. The van der Waals surface area contributed by atoms with Crippen molar-refractivity contribution in [3.63, 3.8) is 0 Å². The van der Waals surface area contributed by atoms with Gasteiger partial charge in [-0.05, 0) is 39.0 Å². The Morgan fingerprint density at radius 1 is 1.30 bits per heavy atom. The highest BCUT2D eigenvalue weighted by atomic mass is 79.9. The Morgan fingerprint density at radius 3 is 2.35 bits per heavy atom. The highest BCUT2D eigenvalue weighted by molar-refractivity contribution is 9.10. The van der Waals surface area contributed by atoms with Crippen LogP contribution < -0.4 is 5.32 Å². The normalized spacial score (nSPS) is 12.7. The van der Waals surface area contributed by atoms with Crippen LogP contribution >= 0.6 is 23.5 Å². The maximum absolute atomic E-state index is 14.3. The molecule has 0 aliphatic heterocycles. The second-order valence-corrected chi connectivity index (χ2v) is 7.41. The molecule has 1 aromatic rings. The van der Waals surface area contributed by atoms with E-state index >= 15 is 0 Å². The zero-order valence-electron chi connectivity index (χ0n) is 13.0. The molecule has 1 atom stereocenters. The Balaban J connectivity index is 3.05. The van der Waals surface area contributed by atoms with Crippen LogP contribution in [0.4, 0.5) is 10.1 Å². The van der Waals surface area contributed by atoms with Crippen LogP contribution in [0.3, 0.4) is 0 Å². The van der Waals surface area contributed by atoms with E-state index in [1.54, 1.807) is 6.07 Å². The van der Waals surface area contributed by atoms with E-state index in [9.17, 15) is 18.5 Å². The molecular weight excluding hydrogens is 392 g/mol. The molecule has 1 N–H and O–H groups in total. The fraction of sp³-hybridized carbons (Fsp3) is 0.429. The van der Waals surface area contributed by atoms with Crippen LogP contribution in [-0.2, 0) is 18.4 Å². The van der Waals surface area contributed by atoms with E-state index in [0.717, 1.165) is 0 Å². The zero-order valence-corrected chi connectivity index (χ0v) is 15.4. The SMILES string of the molecule is CCOP(=O)(OCC)C(F)C(=O)Nc1cc(Br)ccc1C(C)=O. The Labute approximate surface area is 142 Å². The minimum absolute atomic E-state index is 0.0689. The van der Waals surface area contributed by atoms with Crippen LogP contribution in [0, 0.1) is 0 Å². The van der Waals surface area contributed by atoms with Crippen LogP contribution in [0.15, 0.2) is 22.7 Å². The van der Waals surface area contributed by atoms with Gasteiger partial charge in [-0.2, -0.15) is 0 Å². The summed E-state index contributed by atoms with van der Waals surface area (Å²) in [6.45, 7) is 4.20. The number of Topliss-reactive ketones (excluding diaryl/α,β-unsaturated/α-hetero) is 1. The minimum atomic E-state index is -4.23. The second kappa shape index (κ2) is 8.68. The Kier molecular flexibility index (Phi) is 7.54. The number of amides is 1. The van der Waals surface area contributed by atoms with Crippen LogP contribution in [0.1, 0.15) is 31.1 Å². The van der Waals surface area contributed by atoms with Gasteiger partial charge < -0.3 is 14.4 Å². The van der Waals surface area contributed by atoms with Gasteiger partial charge in [-0.15, -0.1) is 0 Å². The van der Waals surface area contributed by atoms with Crippen molar-refractivity contribution in [3.8, 4) is 0 Å². The third-order valence-electron chi connectivity index (χ3n) is 2.73. The number of carbonyl (C=O) groups excluding carboxylic acids is 2. The lowest BCUT2D eigenvalue weighted by atomic mass is 10.1. The number of rotatable bonds is 8. The number of hydrogen-bond donors (Lipinski definition) is 1. The molecule has 0 spiro atoms. The van der Waals surface area contributed by atoms with Crippen LogP contribution in [0.5, 0.6) is 0 Å². The summed E-state index contributed by atoms with van der Waals surface area (Å²) in [6, 6.07) is 4.55. The van der Waals surface area contributed by atoms with Gasteiger partial charge >= 0.3 is 7.60 Å². The topological polar surface area (TPSA) is 81.7 Å². The molecule has 0 aromatic heterocycles. The quantitative estimate of drug-likeness (QED) is 0.515. The second-order valence-electron chi connectivity index (χ2n) is 4.45. The monoisotopic (exact) mass is 409 g/mol. The van der Waals surface area contributed by atoms with Crippen LogP contribution in [-0.4, -0.2) is 30.8 Å². The number of ketones is 1. The first-order valence-electron chi connectivity index (χ1n) is 6.89. The predicted molar refractivity (Wildman–Crippen MR) is 88.5 cm³/mol. The van der Waals surface area contributed by atoms with Gasteiger partial charge in [0.2, 0.25) is 0 Å². The van der Waals surface area contributed by atoms with E-state index in [1.165, 1.54) is 32.9 Å². The van der Waals surface area contributed by atoms with Crippen LogP contribution in [0.2, 0.25) is 0 Å². The maximum Gasteiger partial charge on any atom is 0.374 e. The third kappa shape index (κ3) is 5.21. The molecule has 128 valence electrons. The van der Waals surface area contributed by atoms with Gasteiger partial charge in [0, 0.05) is 10.0 Å². The fourth-order valence-electron chi connectivity index (χ4n) is 1.79. The van der Waals surface area contributed by atoms with E-state index in [4.69, 9.17) is 9.05 Å². The van der Waals surface area contributed by atoms with Gasteiger partial charge in [0.05, 0.1) is 18.9 Å². The van der Waals surface area contributed by atoms with Crippen molar-refractivity contribution < 1.29 is 27.6 Å². The lowest BCUT2D eigenvalue weighted by Gasteiger charge is -2.20. The van der Waals surface area contributed by atoms with Gasteiger partial charge in [-0.3, -0.25) is 14.2 Å². The van der Waals surface area contributed by atoms with E-state index in [-0.39, 0.29) is 30.2 Å². The predicted octanol–water partition coefficient (Wildman–Crippen LogP) is 4.15. The first kappa shape index (κ1) is 20.0. The molecule has 1 aromatic carbocycles. The van der Waals surface area contributed by atoms with Crippen molar-refractivity contribution in [3.05, 3.63) is 28.2 Å². The lowest BCUT2D eigenvalue weighted by molar-refractivity contribution is -0.118. The molecule has 0 aliphatic carbocycles. The van der Waals surface area contributed by atoms with Gasteiger partial charge in [-0.1, -0.05) is 15.9 Å². The highest BCUT2D eigenvalue weighted by Crippen LogP contribution is 2.53. The molecular formula is C14H18BrFNO5P. The number of nitrogens with one attached hydrogen (secondary N) is 1. The zero-order chi connectivity index (χ0) is 17.6. The van der Waals surface area contributed by atoms with E-state index in [2.05, 4.69) is 21.2 Å². The van der Waals surface area contributed by atoms with Gasteiger partial charge in [0.1, 0.15) is 0 Å². The van der Waals surface area contributed by atoms with Crippen molar-refractivity contribution in [2.75, 3.05) is 18.5 Å². The molecule has 9 heteroatoms. The van der Waals surface area contributed by atoms with Gasteiger partial charge in [0.15, 0.2) is 5.78 Å². The van der Waals surface area contributed by atoms with Crippen molar-refractivity contribution in [2.24, 2.45) is 0 Å². The summed E-state index contributed by atoms with van der Waals surface area (Å²) in [7, 11) is -4.23. The summed E-state index contributed by atoms with van der Waals surface area (Å²) in [4.78, 5) is 23.6. The molecule has 0 heterocycles. The van der Waals surface area contributed by atoms with E-state index in [0.29, 0.717) is 4.47 Å². The summed E-state index contributed by atoms with van der Waals surface area (Å²) in [5.74, 6) is -4.00. The van der Waals surface area contributed by atoms with Crippen molar-refractivity contribution in [1.82, 2.24) is 0 Å². The number of anilines is 1. The molecule has 0 bridgehead atoms. The molecule has 0 saturated heterocycles. The Morgan fingerprint density at radius 2 is 1.87 bits per heavy atom. The molecule has 1 rings (SSSR count). The van der Waals surface area contributed by atoms with Crippen molar-refractivity contribution in [2.45, 2.75) is 26.7 Å². The number of halogens is 2. The van der Waals surface area contributed by atoms with Crippen molar-refractivity contribution in [1.29, 1.82) is 0 Å². The first-order valence-corrected chi connectivity index (χ1v) is 9.29. The third-order valence-corrected chi connectivity index (χ3v) is 5.25. The highest BCUT2D eigenvalue weighted by Gasteiger charge is 2.41. The molecule has 1 amide bonds. The summed E-state index contributed by atoms with van der Waals surface area (Å²) in [5, 5.41) is 2.26. The Hall–Kier alpha value is -1.08. The minimum Gasteiger partial charge on any atom is -0.322 e. The van der Waals surface area contributed by atoms with E-state index < -0.39 is 19.4 Å². The standard InChI is InChI=1S/C14H18BrFNO5P/c1-4-21-23(20,22-5-2)13(16)14(19)17-12-8-10(15)6-7-11(12)9(3)18/h6-8,13H,4-5H2,1-3H3,(H,17,19). The summed E-state index contributed by atoms with van der Waals surface area (Å²) in [5.41, 5.74) is 0.315. The molecule has 0 fully saturated rings. The Bertz CT molecular complexity index is 630. The fourth-order valence-corrected chi connectivity index (χ4v) is 3.56. The number of benzene rings is 1. The molecule has 1 unspecified atom stereocenters. The lowest BCUT2D eigenvalue weighted by Crippen LogP contribution is -2.26. The number of alkyl halides is 1. The molecule has 6 nitrogen and oxygen atoms in total. The largest absolute Gasteiger partial charge is 0.374 e. The molecule has 0 saturated carbocycles. The average Bonchev–Trinajstić information content (AvgIpc) is 2.46. The van der Waals surface area contributed by atoms with Crippen LogP contribution in [0.25, 0.3) is 0 Å². The first-order chi connectivity index (χ1) is 10.7. The smallest absolute Gasteiger partial charge is 0.322 e. The average molecular weight is 410 g/mol. The molecule has 0 radical (unpaired) electrons. The van der Waals surface area contributed by atoms with Gasteiger partial charge in [0.25, 0.3) is 11.8 Å². The number of carbonyl (C=O) groups is 2. The van der Waals surface area contributed by atoms with Crippen molar-refractivity contribution >= 4 is 40.9 Å². The molecule has 23 heavy (non-hydrogen) atoms. The maximum atomic E-state index is 14.3.